The topological polar surface area (TPSA) is 72.2 Å². The van der Waals surface area contributed by atoms with Crippen molar-refractivity contribution in [2.24, 2.45) is 0 Å². The minimum Gasteiger partial charge on any atom is -0.619 e. The molecule has 6 nitrogen and oxygen atoms in total. The van der Waals surface area contributed by atoms with Crippen LogP contribution in [0.25, 0.3) is 0 Å². The molecule has 0 radical (unpaired) electrons. The predicted molar refractivity (Wildman–Crippen MR) is 99.4 cm³/mol. The molecule has 0 aliphatic heterocycles. The summed E-state index contributed by atoms with van der Waals surface area (Å²) in [6.45, 7) is 1.04. The fraction of sp³-hybridized carbons (Fsp3) is 0.150. The molecule has 1 aromatic carbocycles. The number of carbonyl (C=O) groups is 1. The molecule has 0 bridgehead atoms. The second-order valence-electron chi connectivity index (χ2n) is 5.96. The van der Waals surface area contributed by atoms with Gasteiger partial charge in [-0.15, -0.1) is 0 Å². The second-order valence-corrected chi connectivity index (χ2v) is 5.96. The van der Waals surface area contributed by atoms with E-state index < -0.39 is 0 Å². The molecular weight excluding hydrogens is 328 g/mol. The van der Waals surface area contributed by atoms with Gasteiger partial charge in [-0.2, -0.15) is 4.73 Å². The van der Waals surface area contributed by atoms with Crippen molar-refractivity contribution in [3.63, 3.8) is 0 Å². The van der Waals surface area contributed by atoms with E-state index in [-0.39, 0.29) is 5.91 Å². The summed E-state index contributed by atoms with van der Waals surface area (Å²) in [4.78, 5) is 18.8. The smallest absolute Gasteiger partial charge is 0.257 e. The Morgan fingerprint density at radius 2 is 1.96 bits per heavy atom. The van der Waals surface area contributed by atoms with Crippen molar-refractivity contribution < 1.29 is 9.52 Å². The first-order valence-corrected chi connectivity index (χ1v) is 8.29. The highest BCUT2D eigenvalue weighted by Gasteiger charge is 2.12. The van der Waals surface area contributed by atoms with Gasteiger partial charge in [-0.3, -0.25) is 4.79 Å². The summed E-state index contributed by atoms with van der Waals surface area (Å²) >= 11 is 0. The number of benzene rings is 1. The second kappa shape index (κ2) is 8.11. The van der Waals surface area contributed by atoms with Gasteiger partial charge in [0.25, 0.3) is 5.91 Å². The third-order valence-corrected chi connectivity index (χ3v) is 3.97. The number of nitrogens with one attached hydrogen (secondary N) is 1. The molecule has 6 heteroatoms. The van der Waals surface area contributed by atoms with Crippen LogP contribution in [0.2, 0.25) is 0 Å². The first-order valence-electron chi connectivity index (χ1n) is 8.29. The molecule has 3 aromatic rings. The molecule has 0 atom stereocenters. The number of rotatable bonds is 6. The van der Waals surface area contributed by atoms with Crippen LogP contribution in [0.15, 0.2) is 73.2 Å². The summed E-state index contributed by atoms with van der Waals surface area (Å²) in [5.74, 6) is 0.513. The summed E-state index contributed by atoms with van der Waals surface area (Å²) in [7, 11) is 1.97. The van der Waals surface area contributed by atoms with Gasteiger partial charge in [-0.1, -0.05) is 36.4 Å². The number of aromatic nitrogens is 2. The quantitative estimate of drug-likeness (QED) is 0.548. The van der Waals surface area contributed by atoms with E-state index in [1.807, 2.05) is 42.3 Å². The standard InChI is InChI=1S/C20H20N4O2/c1-23(14-16-7-3-2-4-8-16)19-17(9-5-11-21-19)13-22-20(25)18-10-6-12-24(26)15-18/h2-12,15H,13-14H2,1H3,(H,22,25). The molecule has 0 aliphatic carbocycles. The molecule has 26 heavy (non-hydrogen) atoms. The maximum absolute atomic E-state index is 12.2. The van der Waals surface area contributed by atoms with Crippen LogP contribution in [-0.2, 0) is 13.1 Å². The van der Waals surface area contributed by atoms with Crippen molar-refractivity contribution in [1.29, 1.82) is 0 Å². The van der Waals surface area contributed by atoms with Gasteiger partial charge in [-0.25, -0.2) is 4.98 Å². The maximum atomic E-state index is 12.2. The Balaban J connectivity index is 1.70. The van der Waals surface area contributed by atoms with Crippen molar-refractivity contribution in [2.45, 2.75) is 13.1 Å². The van der Waals surface area contributed by atoms with E-state index in [1.165, 1.54) is 18.0 Å². The summed E-state index contributed by atoms with van der Waals surface area (Å²) < 4.78 is 0.609. The van der Waals surface area contributed by atoms with Crippen molar-refractivity contribution in [3.8, 4) is 0 Å². The fourth-order valence-electron chi connectivity index (χ4n) is 2.71. The Kier molecular flexibility index (Phi) is 5.43. The molecule has 3 rings (SSSR count). The molecule has 132 valence electrons. The third kappa shape index (κ3) is 4.36. The lowest BCUT2D eigenvalue weighted by atomic mass is 10.2. The molecular formula is C20H20N4O2. The zero-order valence-corrected chi connectivity index (χ0v) is 14.5. The molecule has 1 amide bonds. The van der Waals surface area contributed by atoms with E-state index in [1.54, 1.807) is 18.3 Å². The van der Waals surface area contributed by atoms with Gasteiger partial charge in [0, 0.05) is 38.0 Å². The zero-order valence-electron chi connectivity index (χ0n) is 14.5. The Morgan fingerprint density at radius 1 is 1.15 bits per heavy atom. The molecule has 1 N–H and O–H groups in total. The molecule has 0 fully saturated rings. The molecule has 2 heterocycles. The number of hydrogen-bond donors (Lipinski definition) is 1. The Bertz CT molecular complexity index is 884. The van der Waals surface area contributed by atoms with Gasteiger partial charge in [-0.05, 0) is 17.7 Å². The SMILES string of the molecule is CN(Cc1ccccc1)c1ncccc1CNC(=O)c1ccc[n+]([O-])c1. The fourth-order valence-corrected chi connectivity index (χ4v) is 2.71. The largest absolute Gasteiger partial charge is 0.619 e. The summed E-state index contributed by atoms with van der Waals surface area (Å²) in [5, 5.41) is 14.1. The highest BCUT2D eigenvalue weighted by atomic mass is 16.5. The van der Waals surface area contributed by atoms with E-state index >= 15 is 0 Å². The maximum Gasteiger partial charge on any atom is 0.257 e. The van der Waals surface area contributed by atoms with E-state index in [2.05, 4.69) is 22.4 Å². The van der Waals surface area contributed by atoms with Crippen LogP contribution in [0.4, 0.5) is 5.82 Å². The van der Waals surface area contributed by atoms with Crippen LogP contribution in [0.5, 0.6) is 0 Å². The van der Waals surface area contributed by atoms with Gasteiger partial charge in [0.1, 0.15) is 11.4 Å². The lowest BCUT2D eigenvalue weighted by molar-refractivity contribution is -0.605. The summed E-state index contributed by atoms with van der Waals surface area (Å²) in [6, 6.07) is 17.1. The minimum atomic E-state index is -0.296. The summed E-state index contributed by atoms with van der Waals surface area (Å²) in [5.41, 5.74) is 2.41. The molecule has 0 unspecified atom stereocenters. The van der Waals surface area contributed by atoms with Crippen molar-refractivity contribution in [1.82, 2.24) is 10.3 Å². The predicted octanol–water partition coefficient (Wildman–Crippen LogP) is 2.28. The van der Waals surface area contributed by atoms with Gasteiger partial charge < -0.3 is 15.4 Å². The number of anilines is 1. The van der Waals surface area contributed by atoms with Gasteiger partial charge in [0.2, 0.25) is 0 Å². The summed E-state index contributed by atoms with van der Waals surface area (Å²) in [6.07, 6.45) is 4.33. The number of hydrogen-bond acceptors (Lipinski definition) is 4. The average Bonchev–Trinajstić information content (AvgIpc) is 2.67. The van der Waals surface area contributed by atoms with Gasteiger partial charge in [0.15, 0.2) is 12.4 Å². The van der Waals surface area contributed by atoms with Crippen LogP contribution < -0.4 is 14.9 Å². The van der Waals surface area contributed by atoms with E-state index in [4.69, 9.17) is 0 Å². The number of amides is 1. The van der Waals surface area contributed by atoms with E-state index in [9.17, 15) is 10.0 Å². The highest BCUT2D eigenvalue weighted by molar-refractivity contribution is 5.93. The molecule has 0 saturated heterocycles. The molecule has 0 aliphatic rings. The van der Waals surface area contributed by atoms with E-state index in [0.717, 1.165) is 11.4 Å². The first kappa shape index (κ1) is 17.4. The monoisotopic (exact) mass is 348 g/mol. The highest BCUT2D eigenvalue weighted by Crippen LogP contribution is 2.18. The number of carbonyl (C=O) groups excluding carboxylic acids is 1. The van der Waals surface area contributed by atoms with Gasteiger partial charge in [0.05, 0.1) is 0 Å². The zero-order chi connectivity index (χ0) is 18.4. The van der Waals surface area contributed by atoms with Gasteiger partial charge >= 0.3 is 0 Å². The number of pyridine rings is 2. The Hall–Kier alpha value is -3.41. The Morgan fingerprint density at radius 3 is 2.73 bits per heavy atom. The minimum absolute atomic E-state index is 0.296. The average molecular weight is 348 g/mol. The molecule has 0 saturated carbocycles. The normalized spacial score (nSPS) is 10.3. The van der Waals surface area contributed by atoms with Crippen LogP contribution >= 0.6 is 0 Å². The number of nitrogens with zero attached hydrogens (tertiary/aromatic N) is 3. The first-order chi connectivity index (χ1) is 12.6. The van der Waals surface area contributed by atoms with E-state index in [0.29, 0.717) is 23.4 Å². The van der Waals surface area contributed by atoms with Crippen LogP contribution in [-0.4, -0.2) is 17.9 Å². The van der Waals surface area contributed by atoms with Crippen molar-refractivity contribution in [3.05, 3.63) is 95.1 Å². The van der Waals surface area contributed by atoms with Crippen LogP contribution in [0.3, 0.4) is 0 Å². The lowest BCUT2D eigenvalue weighted by Crippen LogP contribution is -2.30. The molecule has 0 spiro atoms. The van der Waals surface area contributed by atoms with Crippen LogP contribution in [0.1, 0.15) is 21.5 Å². The lowest BCUT2D eigenvalue weighted by Gasteiger charge is -2.21. The van der Waals surface area contributed by atoms with Crippen molar-refractivity contribution in [2.75, 3.05) is 11.9 Å². The van der Waals surface area contributed by atoms with Crippen molar-refractivity contribution >= 4 is 11.7 Å². The Labute approximate surface area is 152 Å². The van der Waals surface area contributed by atoms with Crippen LogP contribution in [0, 0.1) is 5.21 Å². The molecule has 2 aromatic heterocycles. The third-order valence-electron chi connectivity index (χ3n) is 3.97.